The van der Waals surface area contributed by atoms with E-state index in [2.05, 4.69) is 127 Å². The van der Waals surface area contributed by atoms with Gasteiger partial charge in [0.05, 0.1) is 16.5 Å². The average Bonchev–Trinajstić information content (AvgIpc) is 3.16. The molecule has 152 valence electrons. The lowest BCUT2D eigenvalue weighted by Crippen LogP contribution is -1.89. The van der Waals surface area contributed by atoms with E-state index >= 15 is 0 Å². The van der Waals surface area contributed by atoms with Gasteiger partial charge in [0.2, 0.25) is 0 Å². The first-order valence-corrected chi connectivity index (χ1v) is 11.5. The average molecular weight is 418 g/mol. The van der Waals surface area contributed by atoms with Gasteiger partial charge in [0.1, 0.15) is 0 Å². The minimum absolute atomic E-state index is 1.23. The standard InChI is InChI=1S/C33H21/c1-2-4-9-22(8-3-1)27-14-6-12-23-13-7-15-29(32(23)27)28-20-18-26-17-16-24-10-5-11-25-19-21-30(28)33(26)31(24)25/h1-21H/q+1. The van der Waals surface area contributed by atoms with Gasteiger partial charge < -0.3 is 0 Å². The number of hydrogen-bond donors (Lipinski definition) is 0. The summed E-state index contributed by atoms with van der Waals surface area (Å²) in [4.78, 5) is 0. The second-order valence-corrected chi connectivity index (χ2v) is 8.74. The Morgan fingerprint density at radius 1 is 0.364 bits per heavy atom. The van der Waals surface area contributed by atoms with Crippen LogP contribution in [-0.4, -0.2) is 0 Å². The van der Waals surface area contributed by atoms with Crippen molar-refractivity contribution in [3.63, 3.8) is 0 Å². The van der Waals surface area contributed by atoms with Crippen LogP contribution in [0.3, 0.4) is 0 Å². The summed E-state index contributed by atoms with van der Waals surface area (Å²) in [5.41, 5.74) is 5.08. The van der Waals surface area contributed by atoms with Crippen LogP contribution in [0, 0.1) is 0 Å². The van der Waals surface area contributed by atoms with Gasteiger partial charge in [-0.2, -0.15) is 0 Å². The van der Waals surface area contributed by atoms with Crippen LogP contribution in [0.4, 0.5) is 0 Å². The van der Waals surface area contributed by atoms with E-state index in [1.165, 1.54) is 65.3 Å². The lowest BCUT2D eigenvalue weighted by molar-refractivity contribution is 1.67. The van der Waals surface area contributed by atoms with Crippen molar-refractivity contribution in [3.05, 3.63) is 127 Å². The fraction of sp³-hybridized carbons (Fsp3) is 0. The SMILES string of the molecule is c1ccc[c+](-c2cccc3cccc(-c4ccc5ccc6cccc7ccc4c5c67)c23)cc1. The second kappa shape index (κ2) is 7.12. The van der Waals surface area contributed by atoms with Gasteiger partial charge in [0.25, 0.3) is 0 Å². The highest BCUT2D eigenvalue weighted by molar-refractivity contribution is 6.26. The highest BCUT2D eigenvalue weighted by atomic mass is 14.2. The lowest BCUT2D eigenvalue weighted by atomic mass is 9.87. The molecule has 0 spiro atoms. The molecular weight excluding hydrogens is 396 g/mol. The third-order valence-electron chi connectivity index (χ3n) is 6.92. The molecule has 0 nitrogen and oxygen atoms in total. The van der Waals surface area contributed by atoms with E-state index in [0.29, 0.717) is 0 Å². The summed E-state index contributed by atoms with van der Waals surface area (Å²) in [6.07, 6.45) is 0. The molecule has 0 N–H and O–H groups in total. The predicted molar refractivity (Wildman–Crippen MR) is 143 cm³/mol. The fourth-order valence-electron chi connectivity index (χ4n) is 5.46. The summed E-state index contributed by atoms with van der Waals surface area (Å²) in [5, 5.41) is 10.5. The Morgan fingerprint density at radius 2 is 0.939 bits per heavy atom. The molecule has 0 aliphatic heterocycles. The summed E-state index contributed by atoms with van der Waals surface area (Å²) in [6, 6.07) is 46.4. The van der Waals surface area contributed by atoms with E-state index in [-0.39, 0.29) is 0 Å². The molecule has 0 aromatic heterocycles. The van der Waals surface area contributed by atoms with Gasteiger partial charge in [-0.1, -0.05) is 60.7 Å². The zero-order valence-electron chi connectivity index (χ0n) is 18.1. The molecule has 0 aliphatic carbocycles. The first-order valence-electron chi connectivity index (χ1n) is 11.5. The Bertz CT molecular complexity index is 1770. The van der Waals surface area contributed by atoms with E-state index in [1.807, 2.05) is 0 Å². The molecule has 0 amide bonds. The summed E-state index contributed by atoms with van der Waals surface area (Å²) in [5.74, 6) is 0. The van der Waals surface area contributed by atoms with E-state index in [0.717, 1.165) is 0 Å². The maximum absolute atomic E-state index is 2.31. The maximum atomic E-state index is 2.31. The van der Waals surface area contributed by atoms with Crippen molar-refractivity contribution in [2.24, 2.45) is 0 Å². The van der Waals surface area contributed by atoms with Crippen LogP contribution in [0.1, 0.15) is 0 Å². The molecule has 33 heavy (non-hydrogen) atoms. The number of hydrogen-bond acceptors (Lipinski definition) is 0. The van der Waals surface area contributed by atoms with Gasteiger partial charge in [-0.3, -0.25) is 0 Å². The largest absolute Gasteiger partial charge is 0.0879 e. The summed E-state index contributed by atoms with van der Waals surface area (Å²) < 4.78 is 0. The van der Waals surface area contributed by atoms with Crippen molar-refractivity contribution in [2.75, 3.05) is 0 Å². The molecular formula is C33H21+. The summed E-state index contributed by atoms with van der Waals surface area (Å²) in [6.45, 7) is 0. The van der Waals surface area contributed by atoms with Gasteiger partial charge in [-0.25, -0.2) is 0 Å². The Labute approximate surface area is 192 Å². The lowest BCUT2D eigenvalue weighted by Gasteiger charge is -2.15. The van der Waals surface area contributed by atoms with Crippen LogP contribution in [0.15, 0.2) is 127 Å². The first kappa shape index (κ1) is 18.3. The predicted octanol–water partition coefficient (Wildman–Crippen LogP) is 9.35. The molecule has 0 saturated heterocycles. The Hall–Kier alpha value is -4.29. The van der Waals surface area contributed by atoms with E-state index in [1.54, 1.807) is 0 Å². The summed E-state index contributed by atoms with van der Waals surface area (Å²) in [7, 11) is 0. The zero-order valence-corrected chi connectivity index (χ0v) is 18.1. The van der Waals surface area contributed by atoms with E-state index in [4.69, 9.17) is 0 Å². The van der Waals surface area contributed by atoms with Crippen LogP contribution < -0.4 is 0 Å². The minimum atomic E-state index is 1.23. The number of rotatable bonds is 2. The minimum Gasteiger partial charge on any atom is -0.0610 e. The van der Waals surface area contributed by atoms with Crippen LogP contribution in [0.25, 0.3) is 65.3 Å². The smallest absolute Gasteiger partial charge is 0.0610 e. The van der Waals surface area contributed by atoms with Crippen molar-refractivity contribution in [1.82, 2.24) is 0 Å². The van der Waals surface area contributed by atoms with Crippen molar-refractivity contribution < 1.29 is 0 Å². The number of fused-ring (bicyclic) bond motifs is 1. The molecule has 0 aliphatic rings. The normalized spacial score (nSPS) is 11.6. The van der Waals surface area contributed by atoms with Gasteiger partial charge in [-0.05, 0) is 86.4 Å². The van der Waals surface area contributed by atoms with Crippen molar-refractivity contribution in [1.29, 1.82) is 0 Å². The Balaban J connectivity index is 1.62. The molecule has 0 radical (unpaired) electrons. The molecule has 7 aromatic rings. The Kier molecular flexibility index (Phi) is 3.95. The van der Waals surface area contributed by atoms with Gasteiger partial charge in [0.15, 0.2) is 0 Å². The van der Waals surface area contributed by atoms with E-state index in [9.17, 15) is 0 Å². The van der Waals surface area contributed by atoms with Crippen LogP contribution >= 0.6 is 0 Å². The fourth-order valence-corrected chi connectivity index (χ4v) is 5.46. The quantitative estimate of drug-likeness (QED) is 0.194. The van der Waals surface area contributed by atoms with Gasteiger partial charge >= 0.3 is 0 Å². The highest BCUT2D eigenvalue weighted by Crippen LogP contribution is 2.42. The first-order chi connectivity index (χ1) is 16.4. The van der Waals surface area contributed by atoms with Crippen molar-refractivity contribution in [2.45, 2.75) is 0 Å². The molecule has 0 unspecified atom stereocenters. The summed E-state index contributed by atoms with van der Waals surface area (Å²) >= 11 is 0. The van der Waals surface area contributed by atoms with E-state index < -0.39 is 0 Å². The van der Waals surface area contributed by atoms with Crippen LogP contribution in [-0.2, 0) is 0 Å². The molecule has 0 fully saturated rings. The third kappa shape index (κ3) is 2.74. The van der Waals surface area contributed by atoms with Crippen LogP contribution in [0.2, 0.25) is 0 Å². The van der Waals surface area contributed by atoms with Crippen molar-refractivity contribution in [3.8, 4) is 22.3 Å². The molecule has 0 heteroatoms. The molecule has 0 bridgehead atoms. The third-order valence-corrected chi connectivity index (χ3v) is 6.92. The zero-order chi connectivity index (χ0) is 21.8. The molecule has 7 aromatic carbocycles. The topological polar surface area (TPSA) is 0 Å². The molecule has 7 rings (SSSR count). The van der Waals surface area contributed by atoms with Crippen LogP contribution in [0.5, 0.6) is 0 Å². The monoisotopic (exact) mass is 417 g/mol. The molecule has 0 saturated carbocycles. The van der Waals surface area contributed by atoms with Crippen molar-refractivity contribution >= 4 is 43.1 Å². The molecule has 0 atom stereocenters. The van der Waals surface area contributed by atoms with Gasteiger partial charge in [0, 0.05) is 29.1 Å². The second-order valence-electron chi connectivity index (χ2n) is 8.74. The number of benzene rings is 6. The molecule has 0 heterocycles. The van der Waals surface area contributed by atoms with Gasteiger partial charge in [-0.15, -0.1) is 0 Å². The maximum Gasteiger partial charge on any atom is 0.0879 e. The highest BCUT2D eigenvalue weighted by Gasteiger charge is 2.18. The Morgan fingerprint density at radius 3 is 1.70 bits per heavy atom.